The van der Waals surface area contributed by atoms with Gasteiger partial charge in [-0.1, -0.05) is 26.0 Å². The highest BCUT2D eigenvalue weighted by Crippen LogP contribution is 2.27. The maximum atomic E-state index is 13.6. The molecule has 5 aromatic rings. The van der Waals surface area contributed by atoms with Gasteiger partial charge < -0.3 is 9.88 Å². The number of fused-ring (bicyclic) bond motifs is 2. The lowest BCUT2D eigenvalue weighted by Gasteiger charge is -2.14. The van der Waals surface area contributed by atoms with Crippen LogP contribution in [0.1, 0.15) is 42.7 Å². The monoisotopic (exact) mass is 499 g/mol. The molecule has 0 bridgehead atoms. The summed E-state index contributed by atoms with van der Waals surface area (Å²) in [5.41, 5.74) is 4.00. The van der Waals surface area contributed by atoms with Crippen molar-refractivity contribution in [3.05, 3.63) is 78.0 Å². The topological polar surface area (TPSA) is 106 Å². The summed E-state index contributed by atoms with van der Waals surface area (Å²) >= 11 is 0. The van der Waals surface area contributed by atoms with Gasteiger partial charge in [-0.2, -0.15) is 4.98 Å². The fourth-order valence-corrected chi connectivity index (χ4v) is 4.10. The summed E-state index contributed by atoms with van der Waals surface area (Å²) in [5.74, 6) is -0.739. The Bertz CT molecular complexity index is 1650. The van der Waals surface area contributed by atoms with Crippen LogP contribution in [0.2, 0.25) is 0 Å². The van der Waals surface area contributed by atoms with Gasteiger partial charge in [-0.3, -0.25) is 14.9 Å². The van der Waals surface area contributed by atoms with E-state index in [9.17, 15) is 14.0 Å². The van der Waals surface area contributed by atoms with Crippen molar-refractivity contribution in [2.75, 3.05) is 5.32 Å². The second kappa shape index (κ2) is 9.45. The van der Waals surface area contributed by atoms with Gasteiger partial charge in [0, 0.05) is 42.5 Å². The van der Waals surface area contributed by atoms with E-state index in [0.29, 0.717) is 27.8 Å². The molecule has 9 nitrogen and oxygen atoms in total. The first kappa shape index (κ1) is 24.1. The van der Waals surface area contributed by atoms with Gasteiger partial charge in [-0.25, -0.2) is 13.9 Å². The smallest absolute Gasteiger partial charge is 0.253 e. The molecule has 0 saturated heterocycles. The van der Waals surface area contributed by atoms with Crippen LogP contribution in [0.5, 0.6) is 0 Å². The van der Waals surface area contributed by atoms with Gasteiger partial charge >= 0.3 is 0 Å². The van der Waals surface area contributed by atoms with E-state index >= 15 is 0 Å². The molecule has 2 amide bonds. The molecule has 0 saturated carbocycles. The summed E-state index contributed by atoms with van der Waals surface area (Å²) in [5, 5.41) is 10.6. The number of pyridine rings is 2. The molecule has 1 aromatic carbocycles. The number of nitrogens with zero attached hydrogens (tertiary/aromatic N) is 5. The summed E-state index contributed by atoms with van der Waals surface area (Å²) in [6, 6.07) is 11.4. The molecule has 0 aliphatic carbocycles. The summed E-state index contributed by atoms with van der Waals surface area (Å²) in [7, 11) is 1.83. The molecule has 10 heteroatoms. The van der Waals surface area contributed by atoms with Crippen LogP contribution in [0, 0.1) is 11.7 Å². The number of nitrogens with one attached hydrogen (secondary N) is 2. The number of carbonyl (C=O) groups excluding carboxylic acids is 2. The predicted molar refractivity (Wildman–Crippen MR) is 138 cm³/mol. The van der Waals surface area contributed by atoms with Gasteiger partial charge in [0.25, 0.3) is 5.91 Å². The molecule has 1 atom stereocenters. The van der Waals surface area contributed by atoms with E-state index < -0.39 is 0 Å². The summed E-state index contributed by atoms with van der Waals surface area (Å²) in [4.78, 5) is 34.2. The van der Waals surface area contributed by atoms with E-state index in [4.69, 9.17) is 0 Å². The van der Waals surface area contributed by atoms with Crippen LogP contribution in [0.15, 0.2) is 61.1 Å². The Morgan fingerprint density at radius 2 is 1.86 bits per heavy atom. The molecule has 188 valence electrons. The van der Waals surface area contributed by atoms with Crippen LogP contribution in [0.4, 0.5) is 10.3 Å². The van der Waals surface area contributed by atoms with Crippen molar-refractivity contribution in [2.45, 2.75) is 26.8 Å². The normalized spacial score (nSPS) is 12.3. The molecule has 4 aromatic heterocycles. The third-order valence-electron chi connectivity index (χ3n) is 6.18. The first-order chi connectivity index (χ1) is 17.7. The molecule has 0 aliphatic heterocycles. The van der Waals surface area contributed by atoms with Crippen molar-refractivity contribution in [1.29, 1.82) is 0 Å². The van der Waals surface area contributed by atoms with Gasteiger partial charge in [-0.05, 0) is 48.4 Å². The van der Waals surface area contributed by atoms with Crippen molar-refractivity contribution < 1.29 is 14.0 Å². The first-order valence-electron chi connectivity index (χ1n) is 11.9. The van der Waals surface area contributed by atoms with Crippen LogP contribution in [-0.2, 0) is 11.8 Å². The molecular formula is C27H26FN7O2. The Morgan fingerprint density at radius 3 is 2.62 bits per heavy atom. The molecule has 0 spiro atoms. The average Bonchev–Trinajstić information content (AvgIpc) is 3.43. The van der Waals surface area contributed by atoms with Crippen molar-refractivity contribution in [2.24, 2.45) is 13.0 Å². The number of carbonyl (C=O) groups is 2. The molecule has 0 aliphatic rings. The number of hydrogen-bond acceptors (Lipinski definition) is 5. The number of aryl methyl sites for hydroxylation is 1. The summed E-state index contributed by atoms with van der Waals surface area (Å²) in [6.07, 6.45) is 5.23. The first-order valence-corrected chi connectivity index (χ1v) is 11.9. The second-order valence-electron chi connectivity index (χ2n) is 9.30. The second-order valence-corrected chi connectivity index (χ2v) is 9.30. The molecule has 2 N–H and O–H groups in total. The molecular weight excluding hydrogens is 473 g/mol. The number of anilines is 1. The largest absolute Gasteiger partial charge is 0.345 e. The number of rotatable bonds is 6. The van der Waals surface area contributed by atoms with Crippen molar-refractivity contribution in [1.82, 2.24) is 29.5 Å². The van der Waals surface area contributed by atoms with E-state index in [1.54, 1.807) is 53.7 Å². The average molecular weight is 500 g/mol. The lowest BCUT2D eigenvalue weighted by molar-refractivity contribution is -0.118. The standard InChI is InChI=1S/C27H26FN7O2/c1-15(2)25(36)32-27-31-23-12-18(8-9-35(23)33-27)19-11-21-22(14-34(4)24(21)29-13-19)26(37)30-16(3)17-6-5-7-20(28)10-17/h5-16H,1-4H3,(H,30,37)(H,32,33,36)/t16-/m0/s1. The Morgan fingerprint density at radius 1 is 1.05 bits per heavy atom. The number of amides is 2. The van der Waals surface area contributed by atoms with Crippen LogP contribution >= 0.6 is 0 Å². The van der Waals surface area contributed by atoms with Crippen molar-refractivity contribution >= 4 is 34.4 Å². The Labute approximate surface area is 212 Å². The highest BCUT2D eigenvalue weighted by molar-refractivity contribution is 6.07. The SMILES string of the molecule is CC(C)C(=O)Nc1nc2cc(-c3cnc4c(c3)c(C(=O)N[C@@H](C)c3cccc(F)c3)cn4C)ccn2n1. The summed E-state index contributed by atoms with van der Waals surface area (Å²) < 4.78 is 17.0. The third-order valence-corrected chi connectivity index (χ3v) is 6.18. The Balaban J connectivity index is 1.45. The van der Waals surface area contributed by atoms with E-state index in [2.05, 4.69) is 25.7 Å². The van der Waals surface area contributed by atoms with Gasteiger partial charge in [-0.15, -0.1) is 5.10 Å². The van der Waals surface area contributed by atoms with E-state index in [-0.39, 0.29) is 35.5 Å². The van der Waals surface area contributed by atoms with Crippen LogP contribution in [0.25, 0.3) is 27.8 Å². The number of aromatic nitrogens is 5. The Hall–Kier alpha value is -4.60. The maximum absolute atomic E-state index is 13.6. The maximum Gasteiger partial charge on any atom is 0.253 e. The van der Waals surface area contributed by atoms with Gasteiger partial charge in [0.1, 0.15) is 11.5 Å². The molecule has 0 unspecified atom stereocenters. The zero-order valence-corrected chi connectivity index (χ0v) is 20.9. The van der Waals surface area contributed by atoms with Crippen LogP contribution in [-0.4, -0.2) is 36.0 Å². The quantitative estimate of drug-likeness (QED) is 0.358. The Kier molecular flexibility index (Phi) is 6.16. The number of hydrogen-bond donors (Lipinski definition) is 2. The van der Waals surface area contributed by atoms with Crippen molar-refractivity contribution in [3.8, 4) is 11.1 Å². The summed E-state index contributed by atoms with van der Waals surface area (Å²) in [6.45, 7) is 5.41. The highest BCUT2D eigenvalue weighted by Gasteiger charge is 2.19. The van der Waals surface area contributed by atoms with Crippen LogP contribution in [0.3, 0.4) is 0 Å². The molecule has 0 fully saturated rings. The van der Waals surface area contributed by atoms with E-state index in [1.807, 2.05) is 32.2 Å². The molecule has 4 heterocycles. The molecule has 0 radical (unpaired) electrons. The van der Waals surface area contributed by atoms with E-state index in [1.165, 1.54) is 12.1 Å². The van der Waals surface area contributed by atoms with Gasteiger partial charge in [0.05, 0.1) is 11.6 Å². The van der Waals surface area contributed by atoms with Crippen LogP contribution < -0.4 is 10.6 Å². The zero-order valence-electron chi connectivity index (χ0n) is 20.9. The fraction of sp³-hybridized carbons (Fsp3) is 0.222. The number of benzene rings is 1. The fourth-order valence-electron chi connectivity index (χ4n) is 4.10. The zero-order chi connectivity index (χ0) is 26.3. The lowest BCUT2D eigenvalue weighted by Crippen LogP contribution is -2.26. The molecule has 37 heavy (non-hydrogen) atoms. The number of halogens is 1. The van der Waals surface area contributed by atoms with Gasteiger partial charge in [0.2, 0.25) is 11.9 Å². The van der Waals surface area contributed by atoms with E-state index in [0.717, 1.165) is 11.1 Å². The highest BCUT2D eigenvalue weighted by atomic mass is 19.1. The minimum atomic E-state index is -0.379. The van der Waals surface area contributed by atoms with Crippen molar-refractivity contribution in [3.63, 3.8) is 0 Å². The minimum absolute atomic E-state index is 0.160. The third kappa shape index (κ3) is 4.77. The predicted octanol–water partition coefficient (Wildman–Crippen LogP) is 4.51. The minimum Gasteiger partial charge on any atom is -0.345 e. The lowest BCUT2D eigenvalue weighted by atomic mass is 10.1. The molecule has 5 rings (SSSR count). The van der Waals surface area contributed by atoms with Gasteiger partial charge in [0.15, 0.2) is 5.65 Å².